The van der Waals surface area contributed by atoms with E-state index in [1.54, 1.807) is 6.08 Å². The highest BCUT2D eigenvalue weighted by Crippen LogP contribution is 2.28. The number of hydrogen-bond donors (Lipinski definition) is 1. The van der Waals surface area contributed by atoms with Crippen LogP contribution in [0.5, 0.6) is 0 Å². The Balaban J connectivity index is 2.01. The van der Waals surface area contributed by atoms with Crippen molar-refractivity contribution < 1.29 is 9.32 Å². The molecule has 0 saturated carbocycles. The first-order valence-electron chi connectivity index (χ1n) is 6.46. The Morgan fingerprint density at radius 1 is 1.50 bits per heavy atom. The van der Waals surface area contributed by atoms with Crippen LogP contribution in [-0.2, 0) is 4.79 Å². The minimum absolute atomic E-state index is 0.203. The van der Waals surface area contributed by atoms with Crippen LogP contribution in [-0.4, -0.2) is 10.9 Å². The summed E-state index contributed by atoms with van der Waals surface area (Å²) in [6.07, 6.45) is 4.36. The van der Waals surface area contributed by atoms with Crippen molar-refractivity contribution in [1.29, 1.82) is 0 Å². The molecule has 2 rings (SSSR count). The van der Waals surface area contributed by atoms with Gasteiger partial charge in [0, 0.05) is 24.3 Å². The fourth-order valence-electron chi connectivity index (χ4n) is 2.49. The lowest BCUT2D eigenvalue weighted by Crippen LogP contribution is -2.19. The Labute approximate surface area is 107 Å². The van der Waals surface area contributed by atoms with Crippen LogP contribution in [0.4, 0.5) is 5.82 Å². The summed E-state index contributed by atoms with van der Waals surface area (Å²) < 4.78 is 5.00. The van der Waals surface area contributed by atoms with E-state index in [-0.39, 0.29) is 5.78 Å². The Morgan fingerprint density at radius 3 is 2.89 bits per heavy atom. The zero-order valence-corrected chi connectivity index (χ0v) is 11.2. The van der Waals surface area contributed by atoms with Crippen LogP contribution in [0.2, 0.25) is 0 Å². The summed E-state index contributed by atoms with van der Waals surface area (Å²) >= 11 is 0. The molecule has 1 heterocycles. The number of aryl methyl sites for hydroxylation is 1. The average molecular weight is 248 g/mol. The number of allylic oxidation sites excluding steroid dienone is 2. The molecule has 1 aliphatic carbocycles. The highest BCUT2D eigenvalue weighted by atomic mass is 16.5. The van der Waals surface area contributed by atoms with Crippen molar-refractivity contribution in [2.75, 3.05) is 5.32 Å². The lowest BCUT2D eigenvalue weighted by Gasteiger charge is -2.23. The van der Waals surface area contributed by atoms with Gasteiger partial charge in [0.2, 0.25) is 0 Å². The van der Waals surface area contributed by atoms with E-state index in [9.17, 15) is 4.79 Å². The predicted molar refractivity (Wildman–Crippen MR) is 70.1 cm³/mol. The quantitative estimate of drug-likeness (QED) is 0.888. The number of ketones is 1. The molecule has 0 unspecified atom stereocenters. The van der Waals surface area contributed by atoms with Crippen molar-refractivity contribution in [1.82, 2.24) is 5.16 Å². The minimum atomic E-state index is 0.203. The SMILES string of the molecule is Cc1cc(NC2=CC(=O)C[C@H](CC(C)C)C2)no1. The molecular weight excluding hydrogens is 228 g/mol. The molecule has 0 saturated heterocycles. The first-order valence-corrected chi connectivity index (χ1v) is 6.46. The first-order chi connectivity index (χ1) is 8.52. The summed E-state index contributed by atoms with van der Waals surface area (Å²) in [5.41, 5.74) is 0.949. The lowest BCUT2D eigenvalue weighted by molar-refractivity contribution is -0.116. The second-order valence-corrected chi connectivity index (χ2v) is 5.49. The third-order valence-electron chi connectivity index (χ3n) is 3.05. The van der Waals surface area contributed by atoms with Crippen molar-refractivity contribution in [2.24, 2.45) is 11.8 Å². The molecule has 0 radical (unpaired) electrons. The number of hydrogen-bond acceptors (Lipinski definition) is 4. The van der Waals surface area contributed by atoms with Crippen LogP contribution in [0, 0.1) is 18.8 Å². The molecule has 1 aliphatic rings. The number of nitrogens with one attached hydrogen (secondary N) is 1. The third kappa shape index (κ3) is 3.45. The first kappa shape index (κ1) is 12.9. The van der Waals surface area contributed by atoms with E-state index in [0.29, 0.717) is 24.1 Å². The normalized spacial score (nSPS) is 20.1. The molecule has 0 aromatic carbocycles. The molecule has 1 aromatic heterocycles. The summed E-state index contributed by atoms with van der Waals surface area (Å²) in [5, 5.41) is 7.05. The summed E-state index contributed by atoms with van der Waals surface area (Å²) in [4.78, 5) is 11.7. The molecule has 0 bridgehead atoms. The number of rotatable bonds is 4. The molecule has 0 amide bonds. The highest BCUT2D eigenvalue weighted by molar-refractivity contribution is 5.91. The van der Waals surface area contributed by atoms with Gasteiger partial charge in [0.25, 0.3) is 0 Å². The summed E-state index contributed by atoms with van der Waals surface area (Å²) in [6.45, 7) is 6.23. The molecule has 1 aromatic rings. The van der Waals surface area contributed by atoms with Crippen molar-refractivity contribution in [3.05, 3.63) is 23.6 Å². The standard InChI is InChI=1S/C14H20N2O2/c1-9(2)4-11-6-12(8-13(17)7-11)15-14-5-10(3)18-16-14/h5,8-9,11H,4,6-7H2,1-3H3,(H,15,16)/t11-/m1/s1. The number of nitrogens with zero attached hydrogens (tertiary/aromatic N) is 1. The number of carbonyl (C=O) groups is 1. The summed E-state index contributed by atoms with van der Waals surface area (Å²) in [6, 6.07) is 1.83. The van der Waals surface area contributed by atoms with Crippen LogP contribution in [0.15, 0.2) is 22.4 Å². The molecule has 1 atom stereocenters. The van der Waals surface area contributed by atoms with E-state index in [4.69, 9.17) is 4.52 Å². The van der Waals surface area contributed by atoms with E-state index in [2.05, 4.69) is 24.3 Å². The summed E-state index contributed by atoms with van der Waals surface area (Å²) in [5.74, 6) is 2.71. The molecular formula is C14H20N2O2. The van der Waals surface area contributed by atoms with Gasteiger partial charge in [-0.2, -0.15) is 0 Å². The van der Waals surface area contributed by atoms with Gasteiger partial charge in [-0.15, -0.1) is 0 Å². The maximum atomic E-state index is 11.7. The van der Waals surface area contributed by atoms with Gasteiger partial charge in [0.15, 0.2) is 11.6 Å². The minimum Gasteiger partial charge on any atom is -0.360 e. The molecule has 1 N–H and O–H groups in total. The predicted octanol–water partition coefficient (Wildman–Crippen LogP) is 3.30. The summed E-state index contributed by atoms with van der Waals surface area (Å²) in [7, 11) is 0. The number of anilines is 1. The largest absolute Gasteiger partial charge is 0.360 e. The molecule has 0 fully saturated rings. The van der Waals surface area contributed by atoms with Crippen LogP contribution in [0.1, 0.15) is 38.9 Å². The van der Waals surface area contributed by atoms with Gasteiger partial charge in [-0.25, -0.2) is 0 Å². The van der Waals surface area contributed by atoms with Crippen LogP contribution < -0.4 is 5.32 Å². The van der Waals surface area contributed by atoms with Gasteiger partial charge in [-0.3, -0.25) is 4.79 Å². The Bertz CT molecular complexity index is 460. The van der Waals surface area contributed by atoms with Gasteiger partial charge < -0.3 is 9.84 Å². The van der Waals surface area contributed by atoms with E-state index >= 15 is 0 Å². The number of aromatic nitrogens is 1. The fraction of sp³-hybridized carbons (Fsp3) is 0.571. The highest BCUT2D eigenvalue weighted by Gasteiger charge is 2.22. The van der Waals surface area contributed by atoms with Gasteiger partial charge in [-0.1, -0.05) is 19.0 Å². The van der Waals surface area contributed by atoms with E-state index in [1.807, 2.05) is 13.0 Å². The van der Waals surface area contributed by atoms with Crippen molar-refractivity contribution in [3.63, 3.8) is 0 Å². The van der Waals surface area contributed by atoms with E-state index in [1.165, 1.54) is 0 Å². The van der Waals surface area contributed by atoms with Crippen LogP contribution >= 0.6 is 0 Å². The number of carbonyl (C=O) groups excluding carboxylic acids is 1. The molecule has 0 aliphatic heterocycles. The zero-order chi connectivity index (χ0) is 13.1. The van der Waals surface area contributed by atoms with Crippen LogP contribution in [0.25, 0.3) is 0 Å². The third-order valence-corrected chi connectivity index (χ3v) is 3.05. The lowest BCUT2D eigenvalue weighted by atomic mass is 9.85. The smallest absolute Gasteiger partial charge is 0.173 e. The van der Waals surface area contributed by atoms with Gasteiger partial charge in [0.05, 0.1) is 0 Å². The van der Waals surface area contributed by atoms with Gasteiger partial charge in [-0.05, 0) is 31.6 Å². The Morgan fingerprint density at radius 2 is 2.28 bits per heavy atom. The molecule has 0 spiro atoms. The second-order valence-electron chi connectivity index (χ2n) is 5.49. The molecule has 4 heteroatoms. The topological polar surface area (TPSA) is 55.1 Å². The molecule has 4 nitrogen and oxygen atoms in total. The Kier molecular flexibility index (Phi) is 3.84. The van der Waals surface area contributed by atoms with Gasteiger partial charge >= 0.3 is 0 Å². The van der Waals surface area contributed by atoms with Crippen molar-refractivity contribution >= 4 is 11.6 Å². The monoisotopic (exact) mass is 248 g/mol. The van der Waals surface area contributed by atoms with E-state index in [0.717, 1.165) is 24.3 Å². The van der Waals surface area contributed by atoms with Crippen LogP contribution in [0.3, 0.4) is 0 Å². The zero-order valence-electron chi connectivity index (χ0n) is 11.2. The maximum Gasteiger partial charge on any atom is 0.173 e. The van der Waals surface area contributed by atoms with Crippen molar-refractivity contribution in [3.8, 4) is 0 Å². The van der Waals surface area contributed by atoms with E-state index < -0.39 is 0 Å². The van der Waals surface area contributed by atoms with Crippen molar-refractivity contribution in [2.45, 2.75) is 40.0 Å². The maximum absolute atomic E-state index is 11.7. The Hall–Kier alpha value is -1.58. The molecule has 18 heavy (non-hydrogen) atoms. The fourth-order valence-corrected chi connectivity index (χ4v) is 2.49. The average Bonchev–Trinajstić information content (AvgIpc) is 2.61. The second kappa shape index (κ2) is 5.38. The molecule has 98 valence electrons. The van der Waals surface area contributed by atoms with Gasteiger partial charge in [0.1, 0.15) is 5.76 Å².